The van der Waals surface area contributed by atoms with Crippen LogP contribution in [0.4, 0.5) is 0 Å². The molecule has 4 atom stereocenters. The molecule has 146 heavy (non-hydrogen) atoms. The van der Waals surface area contributed by atoms with Gasteiger partial charge in [0.1, 0.15) is 21.7 Å². The molecule has 0 saturated heterocycles. The van der Waals surface area contributed by atoms with E-state index < -0.39 is 21.7 Å². The second-order valence-electron chi connectivity index (χ2n) is 46.6. The van der Waals surface area contributed by atoms with Gasteiger partial charge in [-0.05, 0) is 361 Å². The summed E-state index contributed by atoms with van der Waals surface area (Å²) in [5, 5.41) is 0. The lowest BCUT2D eigenvalue weighted by Gasteiger charge is -2.39. The molecule has 0 radical (unpaired) electrons. The van der Waals surface area contributed by atoms with Gasteiger partial charge < -0.3 is 19.9 Å². The smallest absolute Gasteiger partial charge is 0.103 e. The third-order valence-electron chi connectivity index (χ3n) is 31.8. The molecule has 4 unspecified atom stereocenters. The summed E-state index contributed by atoms with van der Waals surface area (Å²) in [6, 6.07) is 99.5. The summed E-state index contributed by atoms with van der Waals surface area (Å²) in [5.74, 6) is 2.95. The minimum atomic E-state index is -1.12. The zero-order valence-corrected chi connectivity index (χ0v) is 89.8. The quantitative estimate of drug-likeness (QED) is 0.0874. The van der Waals surface area contributed by atoms with Crippen LogP contribution in [0.5, 0.6) is 0 Å². The standard InChI is InChI=1S/C138H134N8/c1-28-94-38-40-96(41-39-94)124-109-54-62-119(143-109)137(129-90(12)70-84(6)71-91(129)13,105-76-101(131(16,17)18)74-102(77-105)132(19,20)21)121-64-56-113(145-121)126(114-57-65-122(146-114)138(120-63-55-110(124)144-120,130-92(14)72-85(7)73-93(130)15)106-78-103(133(22,23)24)75-104(79-106)134(25,26)27)98-44-42-97(43-45-98)125-111-52-60-117(141-111)135(99-46-34-80(2)35-47-99,127-86(8)66-82(4)67-87(127)9)115-58-50-107(139-115)123(95-32-30-29-31-33-95)108-51-59-116(140-108)136(118-61-53-112(125)142-118,100-48-36-81(3)37-49-100)128-88(10)68-83(5)69-89(128)11/h1,29-79,139,142-143,146H,2-27H3/b123-108-,124-110-,125-111-,126-113-. The highest BCUT2D eigenvalue weighted by Gasteiger charge is 2.53. The van der Waals surface area contributed by atoms with Crippen LogP contribution in [0.25, 0.3) is 22.3 Å². The second-order valence-corrected chi connectivity index (χ2v) is 46.6. The van der Waals surface area contributed by atoms with Crippen LogP contribution in [-0.2, 0) is 43.3 Å². The molecular formula is C138H134N8. The van der Waals surface area contributed by atoms with Crippen molar-refractivity contribution in [2.45, 2.75) is 223 Å². The maximum absolute atomic E-state index is 6.51. The first-order chi connectivity index (χ1) is 69.5. The molecule has 0 amide bonds. The fraction of sp³-hybridized carbons (Fsp3) is 0.246. The van der Waals surface area contributed by atoms with Gasteiger partial charge >= 0.3 is 0 Å². The summed E-state index contributed by atoms with van der Waals surface area (Å²) in [6.07, 6.45) is 24.7. The predicted molar refractivity (Wildman–Crippen MR) is 613 cm³/mol. The molecule has 21 rings (SSSR count). The Kier molecular flexibility index (Phi) is 23.6. The number of allylic oxidation sites excluding steroid dienone is 8. The largest absolute Gasteiger partial charge is 0.357 e. The van der Waals surface area contributed by atoms with Crippen molar-refractivity contribution in [1.82, 2.24) is 19.9 Å². The van der Waals surface area contributed by atoms with Crippen molar-refractivity contribution >= 4 is 45.1 Å². The van der Waals surface area contributed by atoms with Crippen molar-refractivity contribution in [3.05, 3.63) is 550 Å². The monoisotopic (exact) mass is 1900 g/mol. The maximum Gasteiger partial charge on any atom is 0.103 e. The number of nitrogens with one attached hydrogen (secondary N) is 4. The molecule has 4 N–H and O–H groups in total. The Morgan fingerprint density at radius 1 is 0.226 bits per heavy atom. The van der Waals surface area contributed by atoms with Crippen LogP contribution in [-0.4, -0.2) is 42.8 Å². The van der Waals surface area contributed by atoms with E-state index in [1.807, 2.05) is 0 Å². The minimum Gasteiger partial charge on any atom is -0.357 e. The van der Waals surface area contributed by atoms with Gasteiger partial charge in [-0.3, -0.25) is 20.0 Å². The number of aromatic amines is 4. The zero-order chi connectivity index (χ0) is 103. The predicted octanol–water partition coefficient (Wildman–Crippen LogP) is 32.3. The number of hydrogen-bond acceptors (Lipinski definition) is 4. The van der Waals surface area contributed by atoms with Crippen LogP contribution in [0.2, 0.25) is 0 Å². The van der Waals surface area contributed by atoms with Crippen LogP contribution in [0.15, 0.2) is 352 Å². The van der Waals surface area contributed by atoms with Crippen LogP contribution in [0.3, 0.4) is 0 Å². The molecule has 6 aliphatic heterocycles. The Labute approximate surface area is 865 Å². The maximum atomic E-state index is 6.51. The lowest BCUT2D eigenvalue weighted by molar-refractivity contribution is 0.564. The number of H-pyrrole nitrogens is 4. The van der Waals surface area contributed by atoms with Crippen LogP contribution in [0.1, 0.15) is 301 Å². The number of aryl methyl sites for hydroxylation is 14. The first-order valence-electron chi connectivity index (χ1n) is 51.9. The van der Waals surface area contributed by atoms with Crippen LogP contribution in [0, 0.1) is 109 Å². The van der Waals surface area contributed by atoms with E-state index in [-0.39, 0.29) is 21.7 Å². The van der Waals surface area contributed by atoms with Crippen LogP contribution < -0.4 is 0 Å². The average molecular weight is 1900 g/mol. The van der Waals surface area contributed by atoms with Crippen molar-refractivity contribution in [3.63, 3.8) is 0 Å². The summed E-state index contributed by atoms with van der Waals surface area (Å²) in [4.78, 5) is 42.9. The van der Waals surface area contributed by atoms with E-state index in [9.17, 15) is 0 Å². The third kappa shape index (κ3) is 16.0. The zero-order valence-electron chi connectivity index (χ0n) is 89.8. The van der Waals surface area contributed by atoms with Gasteiger partial charge in [0.25, 0.3) is 0 Å². The first-order valence-corrected chi connectivity index (χ1v) is 51.9. The molecule has 16 bridgehead atoms. The molecule has 15 aromatic rings. The average Bonchev–Trinajstić information content (AvgIpc) is 1.48. The molecular weight excluding hydrogens is 1770 g/mol. The molecule has 0 aliphatic carbocycles. The van der Waals surface area contributed by atoms with Gasteiger partial charge in [-0.1, -0.05) is 323 Å². The van der Waals surface area contributed by atoms with E-state index >= 15 is 0 Å². The Hall–Kier alpha value is -15.3. The molecule has 4 aromatic heterocycles. The van der Waals surface area contributed by atoms with E-state index in [4.69, 9.17) is 26.4 Å². The topological polar surface area (TPSA) is 113 Å². The number of benzene rings is 11. The number of rotatable bonds is 12. The highest BCUT2D eigenvalue weighted by atomic mass is 14.9. The van der Waals surface area contributed by atoms with Crippen molar-refractivity contribution in [2.24, 2.45) is 20.0 Å². The summed E-state index contributed by atoms with van der Waals surface area (Å²) in [6.45, 7) is 59.8. The molecule has 0 fully saturated rings. The van der Waals surface area contributed by atoms with Gasteiger partial charge in [-0.2, -0.15) is 0 Å². The first kappa shape index (κ1) is 96.8. The number of terminal acetylenes is 1. The second kappa shape index (κ2) is 35.6. The Morgan fingerprint density at radius 2 is 0.452 bits per heavy atom. The van der Waals surface area contributed by atoms with Crippen molar-refractivity contribution in [1.29, 1.82) is 0 Å². The van der Waals surface area contributed by atoms with E-state index in [1.165, 1.54) is 44.5 Å². The highest BCUT2D eigenvalue weighted by molar-refractivity contribution is 6.17. The summed E-state index contributed by atoms with van der Waals surface area (Å²) in [5.41, 5.74) is 47.7. The fourth-order valence-electron chi connectivity index (χ4n) is 25.3. The van der Waals surface area contributed by atoms with Crippen molar-refractivity contribution < 1.29 is 0 Å². The number of aliphatic imine (C=N–C) groups is 4. The lowest BCUT2D eigenvalue weighted by atomic mass is 9.64. The lowest BCUT2D eigenvalue weighted by Crippen LogP contribution is -2.40. The number of aromatic nitrogens is 4. The fourth-order valence-corrected chi connectivity index (χ4v) is 25.3. The molecule has 6 aliphatic rings. The van der Waals surface area contributed by atoms with Gasteiger partial charge in [-0.15, -0.1) is 6.42 Å². The minimum absolute atomic E-state index is 0.271. The molecule has 11 aromatic carbocycles. The Balaban J connectivity index is 0.896. The molecule has 0 spiro atoms. The molecule has 726 valence electrons. The summed E-state index contributed by atoms with van der Waals surface area (Å²) < 4.78 is 0. The number of hydrogen-bond donors (Lipinski definition) is 4. The molecule has 10 heterocycles. The molecule has 8 nitrogen and oxygen atoms in total. The number of fused-ring (bicyclic) bond motifs is 12. The SMILES string of the molecule is C#Cc1ccc(/C2=C3\C=CC(=N3)C(c3cc(C(C)(C)C)cc(C(C)(C)C)c3)(c3c(C)cc(C)cc3C)c3ccc([nH]3)/C(c3ccc(/C4=C5\C=CC(=N5)C(c5ccc(C)cc5)(c5c(C)cc(C)cc5C)c5ccc([nH]5)/C(c5ccccc5)=C5/C=CC(=N5)C(c5ccc(C)cc5)(c5c(C)cc(C)cc5C)c5ccc4[nH]5)cc3)=C3/C=CC(=N3)C(c3cc(C(C)(C)C)cc(C(C)(C)C)c3)(c3c(C)cc(C)cc3C)c3ccc2[nH]3)cc1. The molecule has 0 saturated carbocycles. The third-order valence-corrected chi connectivity index (χ3v) is 31.8. The molecule has 8 heteroatoms. The summed E-state index contributed by atoms with van der Waals surface area (Å²) >= 11 is 0. The number of nitrogens with zero attached hydrogens (tertiary/aromatic N) is 4. The van der Waals surface area contributed by atoms with E-state index in [1.54, 1.807) is 0 Å². The van der Waals surface area contributed by atoms with Crippen molar-refractivity contribution in [3.8, 4) is 12.3 Å². The van der Waals surface area contributed by atoms with Gasteiger partial charge in [0.15, 0.2) is 0 Å². The van der Waals surface area contributed by atoms with Crippen molar-refractivity contribution in [2.75, 3.05) is 0 Å². The van der Waals surface area contributed by atoms with Gasteiger partial charge in [0.05, 0.1) is 45.6 Å². The van der Waals surface area contributed by atoms with Gasteiger partial charge in [0.2, 0.25) is 0 Å². The Morgan fingerprint density at radius 3 is 0.685 bits per heavy atom. The normalized spacial score (nSPS) is 20.8. The van der Waals surface area contributed by atoms with Gasteiger partial charge in [0, 0.05) is 73.4 Å². The Bertz CT molecular complexity index is 8250. The van der Waals surface area contributed by atoms with E-state index in [2.05, 4.69) is 515 Å². The summed E-state index contributed by atoms with van der Waals surface area (Å²) in [7, 11) is 0. The van der Waals surface area contributed by atoms with Crippen LogP contribution >= 0.6 is 0 Å². The van der Waals surface area contributed by atoms with E-state index in [0.29, 0.717) is 0 Å². The highest BCUT2D eigenvalue weighted by Crippen LogP contribution is 2.57. The van der Waals surface area contributed by atoms with E-state index in [0.717, 1.165) is 241 Å². The van der Waals surface area contributed by atoms with Gasteiger partial charge in [-0.25, -0.2) is 0 Å².